The zero-order chi connectivity index (χ0) is 13.8. The van der Waals surface area contributed by atoms with E-state index in [2.05, 4.69) is 32.8 Å². The smallest absolute Gasteiger partial charge is 0.164 e. The average molecular weight is 342 g/mol. The highest BCUT2D eigenvalue weighted by atomic mass is 79.9. The van der Waals surface area contributed by atoms with E-state index in [1.165, 1.54) is 0 Å². The zero-order valence-electron chi connectivity index (χ0n) is 10.8. The lowest BCUT2D eigenvalue weighted by Crippen LogP contribution is -1.99. The molecule has 0 atom stereocenters. The Morgan fingerprint density at radius 2 is 2.00 bits per heavy atom. The molecule has 0 amide bonds. The number of aromatic nitrogens is 2. The molecule has 0 bridgehead atoms. The van der Waals surface area contributed by atoms with Crippen molar-refractivity contribution in [2.45, 2.75) is 19.8 Å². The second-order valence-electron chi connectivity index (χ2n) is 4.05. The fourth-order valence-electron chi connectivity index (χ4n) is 1.82. The topological polar surface area (TPSA) is 35.0 Å². The van der Waals surface area contributed by atoms with Crippen LogP contribution in [0.3, 0.4) is 0 Å². The van der Waals surface area contributed by atoms with Crippen molar-refractivity contribution in [3.8, 4) is 17.1 Å². The summed E-state index contributed by atoms with van der Waals surface area (Å²) in [5.41, 5.74) is 1.76. The summed E-state index contributed by atoms with van der Waals surface area (Å²) < 4.78 is 6.11. The number of hydrogen-bond acceptors (Lipinski definition) is 3. The third kappa shape index (κ3) is 3.07. The molecule has 0 saturated carbocycles. The van der Waals surface area contributed by atoms with E-state index in [0.29, 0.717) is 11.0 Å². The molecule has 3 nitrogen and oxygen atoms in total. The fourth-order valence-corrected chi connectivity index (χ4v) is 2.38. The van der Waals surface area contributed by atoms with E-state index in [4.69, 9.17) is 16.3 Å². The van der Waals surface area contributed by atoms with Crippen LogP contribution >= 0.6 is 27.5 Å². The molecule has 0 aliphatic rings. The Kier molecular flexibility index (Phi) is 4.77. The molecule has 2 rings (SSSR count). The highest BCUT2D eigenvalue weighted by Crippen LogP contribution is 2.31. The van der Waals surface area contributed by atoms with Crippen molar-refractivity contribution >= 4 is 27.5 Å². The van der Waals surface area contributed by atoms with E-state index >= 15 is 0 Å². The van der Waals surface area contributed by atoms with Gasteiger partial charge in [0.25, 0.3) is 0 Å². The number of methoxy groups -OCH3 is 1. The van der Waals surface area contributed by atoms with Crippen LogP contribution in [-0.4, -0.2) is 17.1 Å². The molecule has 0 N–H and O–H groups in total. The normalized spacial score (nSPS) is 10.5. The van der Waals surface area contributed by atoms with Crippen molar-refractivity contribution in [1.82, 2.24) is 9.97 Å². The minimum absolute atomic E-state index is 0.430. The molecule has 1 aromatic carbocycles. The molecule has 2 aromatic rings. The van der Waals surface area contributed by atoms with E-state index in [0.717, 1.165) is 34.3 Å². The first kappa shape index (κ1) is 14.3. The Morgan fingerprint density at radius 1 is 1.26 bits per heavy atom. The third-order valence-corrected chi connectivity index (χ3v) is 4.05. The lowest BCUT2D eigenvalue weighted by Gasteiger charge is -2.10. The van der Waals surface area contributed by atoms with Gasteiger partial charge in [0.05, 0.1) is 22.8 Å². The van der Waals surface area contributed by atoms with E-state index in [9.17, 15) is 0 Å². The summed E-state index contributed by atoms with van der Waals surface area (Å²) in [6.07, 6.45) is 1.85. The van der Waals surface area contributed by atoms with Crippen molar-refractivity contribution in [2.75, 3.05) is 7.11 Å². The second-order valence-corrected chi connectivity index (χ2v) is 5.20. The molecular formula is C14H14BrClN2O. The van der Waals surface area contributed by atoms with Crippen LogP contribution in [0.15, 0.2) is 28.7 Å². The van der Waals surface area contributed by atoms with Gasteiger partial charge in [0.15, 0.2) is 5.82 Å². The number of para-hydroxylation sites is 1. The molecule has 0 radical (unpaired) electrons. The lowest BCUT2D eigenvalue weighted by molar-refractivity contribution is 0.416. The first-order chi connectivity index (χ1) is 9.17. The van der Waals surface area contributed by atoms with Gasteiger partial charge in [-0.2, -0.15) is 0 Å². The standard InChI is InChI=1S/C14H14BrClN2O/c1-3-6-10-12(15)13(16)18-14(17-10)9-7-4-5-8-11(9)19-2/h4-5,7-8H,3,6H2,1-2H3. The zero-order valence-corrected chi connectivity index (χ0v) is 13.1. The summed E-state index contributed by atoms with van der Waals surface area (Å²) in [6.45, 7) is 2.10. The average Bonchev–Trinajstić information content (AvgIpc) is 2.43. The highest BCUT2D eigenvalue weighted by molar-refractivity contribution is 9.10. The molecule has 0 aliphatic heterocycles. The lowest BCUT2D eigenvalue weighted by atomic mass is 10.1. The second kappa shape index (κ2) is 6.35. The van der Waals surface area contributed by atoms with Gasteiger partial charge in [-0.05, 0) is 34.5 Å². The van der Waals surface area contributed by atoms with Crippen LogP contribution in [0.1, 0.15) is 19.0 Å². The first-order valence-electron chi connectivity index (χ1n) is 6.02. The van der Waals surface area contributed by atoms with Crippen LogP contribution < -0.4 is 4.74 Å². The van der Waals surface area contributed by atoms with Crippen LogP contribution in [0.25, 0.3) is 11.4 Å². The van der Waals surface area contributed by atoms with E-state index < -0.39 is 0 Å². The minimum Gasteiger partial charge on any atom is -0.496 e. The fraction of sp³-hybridized carbons (Fsp3) is 0.286. The number of halogens is 2. The Balaban J connectivity index is 2.56. The summed E-state index contributed by atoms with van der Waals surface area (Å²) >= 11 is 9.60. The summed E-state index contributed by atoms with van der Waals surface area (Å²) in [7, 11) is 1.63. The molecule has 0 saturated heterocycles. The molecule has 0 aliphatic carbocycles. The Hall–Kier alpha value is -1.13. The number of nitrogens with zero attached hydrogens (tertiary/aromatic N) is 2. The predicted molar refractivity (Wildman–Crippen MR) is 80.7 cm³/mol. The Bertz CT molecular complexity index is 590. The molecular weight excluding hydrogens is 328 g/mol. The van der Waals surface area contributed by atoms with E-state index in [1.54, 1.807) is 7.11 Å². The van der Waals surface area contributed by atoms with E-state index in [-0.39, 0.29) is 0 Å². The van der Waals surface area contributed by atoms with Gasteiger partial charge in [0.2, 0.25) is 0 Å². The van der Waals surface area contributed by atoms with Gasteiger partial charge in [-0.1, -0.05) is 37.1 Å². The number of hydrogen-bond donors (Lipinski definition) is 0. The SMILES string of the molecule is CCCc1nc(-c2ccccc2OC)nc(Cl)c1Br. The van der Waals surface area contributed by atoms with Crippen LogP contribution in [-0.2, 0) is 6.42 Å². The van der Waals surface area contributed by atoms with Gasteiger partial charge < -0.3 is 4.74 Å². The van der Waals surface area contributed by atoms with Gasteiger partial charge in [0.1, 0.15) is 10.9 Å². The number of ether oxygens (including phenoxy) is 1. The van der Waals surface area contributed by atoms with Gasteiger partial charge in [-0.15, -0.1) is 0 Å². The van der Waals surface area contributed by atoms with Crippen LogP contribution in [0.5, 0.6) is 5.75 Å². The summed E-state index contributed by atoms with van der Waals surface area (Å²) in [5.74, 6) is 1.33. The maximum absolute atomic E-state index is 6.16. The molecule has 100 valence electrons. The number of rotatable bonds is 4. The van der Waals surface area contributed by atoms with Crippen molar-refractivity contribution in [3.63, 3.8) is 0 Å². The predicted octanol–water partition coefficient (Wildman–Crippen LogP) is 4.52. The molecule has 1 heterocycles. The van der Waals surface area contributed by atoms with Gasteiger partial charge >= 0.3 is 0 Å². The van der Waals surface area contributed by atoms with Gasteiger partial charge in [-0.3, -0.25) is 0 Å². The van der Waals surface area contributed by atoms with Crippen LogP contribution in [0.2, 0.25) is 5.15 Å². The van der Waals surface area contributed by atoms with Gasteiger partial charge in [0, 0.05) is 0 Å². The van der Waals surface area contributed by atoms with E-state index in [1.807, 2.05) is 24.3 Å². The quantitative estimate of drug-likeness (QED) is 0.767. The highest BCUT2D eigenvalue weighted by Gasteiger charge is 2.14. The maximum Gasteiger partial charge on any atom is 0.164 e. The number of aryl methyl sites for hydroxylation is 1. The summed E-state index contributed by atoms with van der Waals surface area (Å²) in [6, 6.07) is 7.65. The monoisotopic (exact) mass is 340 g/mol. The molecule has 0 fully saturated rings. The molecule has 0 spiro atoms. The van der Waals surface area contributed by atoms with Crippen molar-refractivity contribution in [3.05, 3.63) is 39.6 Å². The molecule has 1 aromatic heterocycles. The Labute approximate surface area is 126 Å². The maximum atomic E-state index is 6.16. The summed E-state index contributed by atoms with van der Waals surface area (Å²) in [5, 5.41) is 0.430. The largest absolute Gasteiger partial charge is 0.496 e. The van der Waals surface area contributed by atoms with Crippen molar-refractivity contribution in [1.29, 1.82) is 0 Å². The van der Waals surface area contributed by atoms with Crippen molar-refractivity contribution in [2.24, 2.45) is 0 Å². The van der Waals surface area contributed by atoms with Crippen LogP contribution in [0, 0.1) is 0 Å². The molecule has 5 heteroatoms. The van der Waals surface area contributed by atoms with Crippen LogP contribution in [0.4, 0.5) is 0 Å². The number of benzene rings is 1. The van der Waals surface area contributed by atoms with Crippen molar-refractivity contribution < 1.29 is 4.74 Å². The third-order valence-electron chi connectivity index (χ3n) is 2.71. The molecule has 19 heavy (non-hydrogen) atoms. The summed E-state index contributed by atoms with van der Waals surface area (Å²) in [4.78, 5) is 8.90. The molecule has 0 unspecified atom stereocenters. The first-order valence-corrected chi connectivity index (χ1v) is 7.19. The Morgan fingerprint density at radius 3 is 2.68 bits per heavy atom. The van der Waals surface area contributed by atoms with Gasteiger partial charge in [-0.25, -0.2) is 9.97 Å². The minimum atomic E-state index is 0.430.